The van der Waals surface area contributed by atoms with Crippen LogP contribution in [0.3, 0.4) is 0 Å². The van der Waals surface area contributed by atoms with Gasteiger partial charge in [-0.15, -0.1) is 0 Å². The van der Waals surface area contributed by atoms with Gasteiger partial charge in [-0.05, 0) is 28.1 Å². The third-order valence-corrected chi connectivity index (χ3v) is 5.34. The molecule has 31 heavy (non-hydrogen) atoms. The van der Waals surface area contributed by atoms with E-state index in [-0.39, 0.29) is 22.9 Å². The van der Waals surface area contributed by atoms with Gasteiger partial charge in [0.05, 0.1) is 16.0 Å². The Labute approximate surface area is 190 Å². The maximum absolute atomic E-state index is 13.9. The van der Waals surface area contributed by atoms with Gasteiger partial charge in [0.25, 0.3) is 12.9 Å². The van der Waals surface area contributed by atoms with E-state index in [0.29, 0.717) is 9.15 Å². The molecule has 2 aromatic heterocycles. The first kappa shape index (κ1) is 23.5. The van der Waals surface area contributed by atoms with E-state index in [0.717, 1.165) is 0 Å². The fourth-order valence-corrected chi connectivity index (χ4v) is 3.59. The van der Waals surface area contributed by atoms with Crippen LogP contribution in [-0.2, 0) is 17.9 Å². The van der Waals surface area contributed by atoms with Crippen molar-refractivity contribution < 1.29 is 26.7 Å². The third-order valence-electron chi connectivity index (χ3n) is 4.02. The lowest BCUT2D eigenvalue weighted by Crippen LogP contribution is -2.21. The molecule has 6 nitrogen and oxygen atoms in total. The first-order chi connectivity index (χ1) is 14.6. The summed E-state index contributed by atoms with van der Waals surface area (Å²) in [6, 6.07) is 4.18. The summed E-state index contributed by atoms with van der Waals surface area (Å²) in [5.74, 6) is -1.44. The van der Waals surface area contributed by atoms with Gasteiger partial charge in [0.2, 0.25) is 5.91 Å². The Morgan fingerprint density at radius 2 is 1.87 bits per heavy atom. The van der Waals surface area contributed by atoms with Crippen LogP contribution in [0.4, 0.5) is 27.8 Å². The van der Waals surface area contributed by atoms with Gasteiger partial charge in [-0.25, -0.2) is 22.0 Å². The van der Waals surface area contributed by atoms with Crippen LogP contribution in [0.15, 0.2) is 28.9 Å². The number of nitrogens with zero attached hydrogens (tertiary/aromatic N) is 4. The molecular formula is C17H11BrCl2F5N5O. The molecule has 14 heteroatoms. The topological polar surface area (TPSA) is 64.7 Å². The van der Waals surface area contributed by atoms with E-state index in [1.165, 1.54) is 29.1 Å². The summed E-state index contributed by atoms with van der Waals surface area (Å²) in [5, 5.41) is 9.00. The molecule has 0 aliphatic carbocycles. The molecule has 166 valence electrons. The zero-order chi connectivity index (χ0) is 22.9. The summed E-state index contributed by atoms with van der Waals surface area (Å²) in [5.41, 5.74) is -1.87. The highest BCUT2D eigenvalue weighted by Gasteiger charge is 2.29. The molecule has 3 aromatic rings. The minimum Gasteiger partial charge on any atom is -0.307 e. The van der Waals surface area contributed by atoms with Crippen molar-refractivity contribution >= 4 is 50.9 Å². The molecule has 0 aliphatic rings. The van der Waals surface area contributed by atoms with Gasteiger partial charge in [-0.3, -0.25) is 14.2 Å². The summed E-state index contributed by atoms with van der Waals surface area (Å²) >= 11 is 14.7. The van der Waals surface area contributed by atoms with E-state index in [1.54, 1.807) is 0 Å². The maximum atomic E-state index is 13.9. The second kappa shape index (κ2) is 9.53. The second-order valence-corrected chi connectivity index (χ2v) is 7.75. The molecule has 0 radical (unpaired) electrons. The van der Waals surface area contributed by atoms with Gasteiger partial charge in [-0.1, -0.05) is 29.3 Å². The van der Waals surface area contributed by atoms with E-state index in [1.807, 2.05) is 0 Å². The lowest BCUT2D eigenvalue weighted by molar-refractivity contribution is -0.117. The molecule has 0 fully saturated rings. The summed E-state index contributed by atoms with van der Waals surface area (Å²) < 4.78 is 68.1. The molecule has 0 bridgehead atoms. The Morgan fingerprint density at radius 3 is 2.48 bits per heavy atom. The van der Waals surface area contributed by atoms with Crippen LogP contribution in [-0.4, -0.2) is 25.5 Å². The van der Waals surface area contributed by atoms with Crippen LogP contribution in [0.1, 0.15) is 29.8 Å². The summed E-state index contributed by atoms with van der Waals surface area (Å²) in [6.07, 6.45) is -4.98. The minimum absolute atomic E-state index is 0.0107. The molecule has 0 atom stereocenters. The zero-order valence-electron chi connectivity index (χ0n) is 15.1. The number of rotatable bonds is 7. The lowest BCUT2D eigenvalue weighted by Gasteiger charge is -2.07. The van der Waals surface area contributed by atoms with Crippen molar-refractivity contribution in [3.05, 3.63) is 61.7 Å². The molecule has 1 N–H and O–H groups in total. The van der Waals surface area contributed by atoms with E-state index in [2.05, 4.69) is 31.4 Å². The number of halogens is 8. The van der Waals surface area contributed by atoms with Gasteiger partial charge >= 0.3 is 0 Å². The number of carbonyl (C=O) groups excluding carboxylic acids is 1. The summed E-state index contributed by atoms with van der Waals surface area (Å²) in [4.78, 5) is 12.3. The maximum Gasteiger partial charge on any atom is 0.283 e. The molecule has 0 unspecified atom stereocenters. The predicted octanol–water partition coefficient (Wildman–Crippen LogP) is 5.85. The molecular weight excluding hydrogens is 536 g/mol. The highest BCUT2D eigenvalue weighted by molar-refractivity contribution is 9.10. The Morgan fingerprint density at radius 1 is 1.16 bits per heavy atom. The third kappa shape index (κ3) is 5.18. The first-order valence-corrected chi connectivity index (χ1v) is 9.91. The van der Waals surface area contributed by atoms with Crippen molar-refractivity contribution in [1.29, 1.82) is 0 Å². The van der Waals surface area contributed by atoms with E-state index >= 15 is 0 Å². The average Bonchev–Trinajstić information content (AvgIpc) is 3.17. The van der Waals surface area contributed by atoms with Gasteiger partial charge in [0.1, 0.15) is 23.7 Å². The number of nitrogens with one attached hydrogen (secondary N) is 1. The van der Waals surface area contributed by atoms with Crippen LogP contribution in [0, 0.1) is 5.82 Å². The molecule has 0 spiro atoms. The molecule has 3 rings (SSSR count). The second-order valence-electron chi connectivity index (χ2n) is 6.12. The van der Waals surface area contributed by atoms with Crippen molar-refractivity contribution in [2.45, 2.75) is 25.9 Å². The van der Waals surface area contributed by atoms with Crippen molar-refractivity contribution in [2.24, 2.45) is 0 Å². The predicted molar refractivity (Wildman–Crippen MR) is 106 cm³/mol. The van der Waals surface area contributed by atoms with Gasteiger partial charge in [0.15, 0.2) is 5.82 Å². The van der Waals surface area contributed by atoms with Gasteiger partial charge in [0, 0.05) is 16.8 Å². The fourth-order valence-electron chi connectivity index (χ4n) is 2.66. The highest BCUT2D eigenvalue weighted by Crippen LogP contribution is 2.34. The molecule has 0 saturated heterocycles. The fraction of sp³-hybridized carbons (Fsp3) is 0.235. The standard InChI is InChI=1S/C17H11BrCl2F5N5O/c18-8-5-29(4-7-9(19)2-1-3-10(7)21)28-17(8)26-11(31)6-30-14(16(24)25)12(20)13(27-30)15(22)23/h1-3,5,15-16H,4,6H2,(H,26,28,31). The van der Waals surface area contributed by atoms with Gasteiger partial charge in [-0.2, -0.15) is 10.2 Å². The van der Waals surface area contributed by atoms with Crippen LogP contribution in [0.2, 0.25) is 10.0 Å². The van der Waals surface area contributed by atoms with Crippen molar-refractivity contribution in [3.8, 4) is 0 Å². The Bertz CT molecular complexity index is 1100. The molecule has 1 amide bonds. The van der Waals surface area contributed by atoms with Crippen LogP contribution >= 0.6 is 39.1 Å². The highest BCUT2D eigenvalue weighted by atomic mass is 79.9. The van der Waals surface area contributed by atoms with Gasteiger partial charge < -0.3 is 5.32 Å². The molecule has 1 aromatic carbocycles. The van der Waals surface area contributed by atoms with E-state index in [9.17, 15) is 26.7 Å². The number of alkyl halides is 4. The molecule has 0 aliphatic heterocycles. The van der Waals surface area contributed by atoms with E-state index < -0.39 is 47.5 Å². The first-order valence-electron chi connectivity index (χ1n) is 8.36. The number of carbonyl (C=O) groups is 1. The van der Waals surface area contributed by atoms with E-state index in [4.69, 9.17) is 23.2 Å². The number of benzene rings is 1. The Hall–Kier alpha value is -2.18. The largest absolute Gasteiger partial charge is 0.307 e. The Balaban J connectivity index is 1.77. The SMILES string of the molecule is O=C(Cn1nc(C(F)F)c(Cl)c1C(F)F)Nc1nn(Cc2c(F)cccc2Cl)cc1Br. The number of anilines is 1. The summed E-state index contributed by atoms with van der Waals surface area (Å²) in [6.45, 7) is -0.868. The molecule has 2 heterocycles. The zero-order valence-corrected chi connectivity index (χ0v) is 18.2. The van der Waals surface area contributed by atoms with Crippen LogP contribution < -0.4 is 5.32 Å². The molecule has 0 saturated carbocycles. The lowest BCUT2D eigenvalue weighted by atomic mass is 10.2. The van der Waals surface area contributed by atoms with Crippen LogP contribution in [0.5, 0.6) is 0 Å². The van der Waals surface area contributed by atoms with Crippen LogP contribution in [0.25, 0.3) is 0 Å². The quantitative estimate of drug-likeness (QED) is 0.378. The number of aromatic nitrogens is 4. The minimum atomic E-state index is -3.23. The monoisotopic (exact) mass is 545 g/mol. The number of hydrogen-bond acceptors (Lipinski definition) is 3. The normalized spacial score (nSPS) is 11.5. The smallest absolute Gasteiger partial charge is 0.283 e. The van der Waals surface area contributed by atoms with Crippen molar-refractivity contribution in [3.63, 3.8) is 0 Å². The van der Waals surface area contributed by atoms with Crippen molar-refractivity contribution in [2.75, 3.05) is 5.32 Å². The number of hydrogen-bond donors (Lipinski definition) is 1. The Kier molecular flexibility index (Phi) is 7.22. The average molecular weight is 547 g/mol. The summed E-state index contributed by atoms with van der Waals surface area (Å²) in [7, 11) is 0. The van der Waals surface area contributed by atoms with Crippen molar-refractivity contribution in [1.82, 2.24) is 19.6 Å². The number of amides is 1.